The molecule has 0 spiro atoms. The van der Waals surface area contributed by atoms with Crippen LogP contribution < -0.4 is 0 Å². The van der Waals surface area contributed by atoms with Crippen LogP contribution in [0.2, 0.25) is 0 Å². The lowest BCUT2D eigenvalue weighted by molar-refractivity contribution is 1.60. The van der Waals surface area contributed by atoms with E-state index in [-0.39, 0.29) is 0 Å². The van der Waals surface area contributed by atoms with Gasteiger partial charge in [-0.1, -0.05) is 107 Å². The average Bonchev–Trinajstić information content (AvgIpc) is 2.61. The van der Waals surface area contributed by atoms with Crippen molar-refractivity contribution in [1.82, 2.24) is 0 Å². The Labute approximate surface area is 145 Å². The zero-order valence-corrected chi connectivity index (χ0v) is 14.3. The lowest BCUT2D eigenvalue weighted by Gasteiger charge is -1.98. The molecule has 0 amide bonds. The maximum absolute atomic E-state index is 3.45. The third-order valence-corrected chi connectivity index (χ3v) is 4.07. The first-order chi connectivity index (χ1) is 11.3. The molecule has 23 heavy (non-hydrogen) atoms. The highest BCUT2D eigenvalue weighted by molar-refractivity contribution is 9.10. The average molecular weight is 361 g/mol. The summed E-state index contributed by atoms with van der Waals surface area (Å²) in [5.41, 5.74) is 4.81. The Bertz CT molecular complexity index is 795. The van der Waals surface area contributed by atoms with E-state index in [2.05, 4.69) is 113 Å². The van der Waals surface area contributed by atoms with E-state index in [1.54, 1.807) is 0 Å². The number of hydrogen-bond donors (Lipinski definition) is 0. The summed E-state index contributed by atoms with van der Waals surface area (Å²) in [6, 6.07) is 27.2. The van der Waals surface area contributed by atoms with E-state index in [0.29, 0.717) is 0 Å². The molecule has 0 N–H and O–H groups in total. The fourth-order valence-corrected chi connectivity index (χ4v) is 2.51. The predicted molar refractivity (Wildman–Crippen MR) is 105 cm³/mol. The van der Waals surface area contributed by atoms with Crippen LogP contribution in [0.15, 0.2) is 83.3 Å². The van der Waals surface area contributed by atoms with Crippen LogP contribution in [0.3, 0.4) is 0 Å². The summed E-state index contributed by atoms with van der Waals surface area (Å²) in [4.78, 5) is 0. The predicted octanol–water partition coefficient (Wildman–Crippen LogP) is 6.79. The second kappa shape index (κ2) is 7.75. The molecule has 0 saturated heterocycles. The highest BCUT2D eigenvalue weighted by Crippen LogP contribution is 2.14. The number of rotatable bonds is 4. The van der Waals surface area contributed by atoms with Crippen molar-refractivity contribution >= 4 is 40.2 Å². The van der Waals surface area contributed by atoms with E-state index in [0.717, 1.165) is 4.47 Å². The molecule has 0 radical (unpaired) electrons. The van der Waals surface area contributed by atoms with Gasteiger partial charge < -0.3 is 0 Å². The first-order valence-electron chi connectivity index (χ1n) is 7.56. The van der Waals surface area contributed by atoms with Gasteiger partial charge >= 0.3 is 0 Å². The van der Waals surface area contributed by atoms with Crippen LogP contribution in [0.5, 0.6) is 0 Å². The molecule has 3 aromatic carbocycles. The van der Waals surface area contributed by atoms with Crippen LogP contribution >= 0.6 is 15.9 Å². The Hall–Kier alpha value is -2.38. The fourth-order valence-electron chi connectivity index (χ4n) is 2.24. The van der Waals surface area contributed by atoms with Crippen molar-refractivity contribution in [1.29, 1.82) is 0 Å². The largest absolute Gasteiger partial charge is 0.0622 e. The van der Waals surface area contributed by atoms with Gasteiger partial charge in [0, 0.05) is 4.47 Å². The first kappa shape index (κ1) is 15.5. The summed E-state index contributed by atoms with van der Waals surface area (Å²) < 4.78 is 1.10. The van der Waals surface area contributed by atoms with Crippen molar-refractivity contribution in [2.45, 2.75) is 0 Å². The first-order valence-corrected chi connectivity index (χ1v) is 8.36. The zero-order valence-electron chi connectivity index (χ0n) is 12.7. The molecule has 0 heterocycles. The highest BCUT2D eigenvalue weighted by Gasteiger charge is 1.91. The molecule has 3 aromatic rings. The molecule has 0 bridgehead atoms. The van der Waals surface area contributed by atoms with Crippen LogP contribution in [-0.2, 0) is 0 Å². The Morgan fingerprint density at radius 3 is 1.22 bits per heavy atom. The van der Waals surface area contributed by atoms with Crippen molar-refractivity contribution in [3.05, 3.63) is 106 Å². The van der Waals surface area contributed by atoms with E-state index in [4.69, 9.17) is 0 Å². The second-order valence-electron chi connectivity index (χ2n) is 5.30. The molecule has 112 valence electrons. The molecule has 0 unspecified atom stereocenters. The van der Waals surface area contributed by atoms with Gasteiger partial charge in [0.15, 0.2) is 0 Å². The van der Waals surface area contributed by atoms with Crippen LogP contribution in [-0.4, -0.2) is 0 Å². The van der Waals surface area contributed by atoms with Gasteiger partial charge in [0.2, 0.25) is 0 Å². The summed E-state index contributed by atoms with van der Waals surface area (Å²) >= 11 is 3.45. The van der Waals surface area contributed by atoms with Gasteiger partial charge in [0.1, 0.15) is 0 Å². The van der Waals surface area contributed by atoms with E-state index in [9.17, 15) is 0 Å². The number of hydrogen-bond acceptors (Lipinski definition) is 0. The smallest absolute Gasteiger partial charge is 0.0175 e. The highest BCUT2D eigenvalue weighted by atomic mass is 79.9. The molecule has 0 atom stereocenters. The molecule has 0 aliphatic heterocycles. The van der Waals surface area contributed by atoms with Crippen molar-refractivity contribution in [2.75, 3.05) is 0 Å². The van der Waals surface area contributed by atoms with Crippen molar-refractivity contribution in [2.24, 2.45) is 0 Å². The maximum Gasteiger partial charge on any atom is 0.0175 e. The summed E-state index contributed by atoms with van der Waals surface area (Å²) in [7, 11) is 0. The quantitative estimate of drug-likeness (QED) is 0.449. The van der Waals surface area contributed by atoms with Gasteiger partial charge in [-0.15, -0.1) is 0 Å². The second-order valence-corrected chi connectivity index (χ2v) is 6.21. The normalized spacial score (nSPS) is 11.3. The van der Waals surface area contributed by atoms with Gasteiger partial charge in [-0.25, -0.2) is 0 Å². The Morgan fingerprint density at radius 2 is 0.783 bits per heavy atom. The minimum absolute atomic E-state index is 1.10. The molecular weight excluding hydrogens is 344 g/mol. The summed E-state index contributed by atoms with van der Waals surface area (Å²) in [6.07, 6.45) is 8.53. The minimum atomic E-state index is 1.10. The molecule has 0 aromatic heterocycles. The van der Waals surface area contributed by atoms with E-state index < -0.39 is 0 Å². The van der Waals surface area contributed by atoms with E-state index in [1.807, 2.05) is 6.07 Å². The standard InChI is InChI=1S/C22H17Br/c23-22-16-14-21(15-17-22)13-12-20-10-8-19(9-11-20)7-6-18-4-2-1-3-5-18/h1-17H/b7-6+,13-12+. The van der Waals surface area contributed by atoms with Gasteiger partial charge in [0.05, 0.1) is 0 Å². The van der Waals surface area contributed by atoms with Gasteiger partial charge in [-0.3, -0.25) is 0 Å². The Balaban J connectivity index is 1.67. The van der Waals surface area contributed by atoms with Gasteiger partial charge in [-0.2, -0.15) is 0 Å². The van der Waals surface area contributed by atoms with Crippen LogP contribution in [0.25, 0.3) is 24.3 Å². The van der Waals surface area contributed by atoms with E-state index in [1.165, 1.54) is 22.3 Å². The molecule has 1 heteroatoms. The SMILES string of the molecule is Brc1ccc(/C=C/c2ccc(/C=C/c3ccccc3)cc2)cc1. The topological polar surface area (TPSA) is 0 Å². The minimum Gasteiger partial charge on any atom is -0.0622 e. The monoisotopic (exact) mass is 360 g/mol. The molecule has 0 saturated carbocycles. The fraction of sp³-hybridized carbons (Fsp3) is 0. The van der Waals surface area contributed by atoms with Crippen molar-refractivity contribution in [3.8, 4) is 0 Å². The summed E-state index contributed by atoms with van der Waals surface area (Å²) in [5.74, 6) is 0. The zero-order chi connectivity index (χ0) is 15.9. The van der Waals surface area contributed by atoms with Crippen LogP contribution in [0.4, 0.5) is 0 Å². The van der Waals surface area contributed by atoms with Crippen molar-refractivity contribution < 1.29 is 0 Å². The Morgan fingerprint density at radius 1 is 0.435 bits per heavy atom. The lowest BCUT2D eigenvalue weighted by Crippen LogP contribution is -1.76. The molecular formula is C22H17Br. The molecule has 0 aliphatic rings. The molecule has 0 fully saturated rings. The third-order valence-electron chi connectivity index (χ3n) is 3.54. The van der Waals surface area contributed by atoms with Crippen LogP contribution in [0, 0.1) is 0 Å². The Kier molecular flexibility index (Phi) is 5.23. The third kappa shape index (κ3) is 4.80. The van der Waals surface area contributed by atoms with Crippen LogP contribution in [0.1, 0.15) is 22.3 Å². The maximum atomic E-state index is 3.45. The molecule has 0 nitrogen and oxygen atoms in total. The summed E-state index contributed by atoms with van der Waals surface area (Å²) in [6.45, 7) is 0. The lowest BCUT2D eigenvalue weighted by atomic mass is 10.1. The van der Waals surface area contributed by atoms with Gasteiger partial charge in [-0.05, 0) is 34.4 Å². The molecule has 0 aliphatic carbocycles. The number of halogens is 1. The van der Waals surface area contributed by atoms with Crippen molar-refractivity contribution in [3.63, 3.8) is 0 Å². The number of benzene rings is 3. The molecule has 3 rings (SSSR count). The van der Waals surface area contributed by atoms with Gasteiger partial charge in [0.25, 0.3) is 0 Å². The van der Waals surface area contributed by atoms with E-state index >= 15 is 0 Å². The summed E-state index contributed by atoms with van der Waals surface area (Å²) in [5, 5.41) is 0.